The maximum atomic E-state index is 13.7. The number of rotatable bonds is 11. The molecule has 3 aliphatic rings. The largest absolute Gasteiger partial charge is 0.510 e. The molecule has 14 nitrogen and oxygen atoms in total. The molecule has 0 radical (unpaired) electrons. The summed E-state index contributed by atoms with van der Waals surface area (Å²) in [6.07, 6.45) is 5.61. The number of aliphatic hydroxyl groups excluding tert-OH is 3. The molecule has 0 saturated carbocycles. The molecule has 14 heteroatoms. The number of Topliss-reactive ketones (excluding diaryl/α,β-unsaturated/α-hetero) is 1. The first-order valence-corrected chi connectivity index (χ1v) is 20.1. The van der Waals surface area contributed by atoms with E-state index < -0.39 is 83.8 Å². The molecule has 0 aromatic heterocycles. The zero-order valence-corrected chi connectivity index (χ0v) is 35.8. The SMILES string of the molecule is CO/C1=C\C(C)=C[C@@H](C)[C@@H](O)[C@@H](C)CC(C)=CC=C[C@H](OC)C([C@@H](C)[C@@H](O)[C@H](C)[C@@]2(O)C[C@@H](OC(=O)/C=C/C(=O)NC3=C(O)CCC3=O)[C@H](C)[C@@H](C(C)C)O2)OC1=O. The van der Waals surface area contributed by atoms with Gasteiger partial charge in [0, 0.05) is 62.2 Å². The van der Waals surface area contributed by atoms with E-state index in [0.29, 0.717) is 12.0 Å². The zero-order chi connectivity index (χ0) is 43.6. The number of ether oxygens (including phenoxy) is 5. The van der Waals surface area contributed by atoms with Gasteiger partial charge < -0.3 is 49.4 Å². The van der Waals surface area contributed by atoms with E-state index in [1.54, 1.807) is 32.9 Å². The van der Waals surface area contributed by atoms with Gasteiger partial charge in [-0.2, -0.15) is 0 Å². The number of cyclic esters (lactones) is 1. The lowest BCUT2D eigenvalue weighted by atomic mass is 9.76. The standard InChI is InChI=1S/C44H65NO13/c1-23(2)41-28(7)35(56-37(49)18-17-36(48)45-38-31(46)15-16-32(38)47)22-44(53,58-41)30(9)40(51)29(8)42-33(54-10)14-12-13-24(3)19-26(5)39(50)27(6)20-25(4)21-34(55-11)43(52)57-42/h12-14,17-18,20-21,23,26-30,33,35,39-42,46,50-51,53H,15-16,19,22H2,1-11H3,(H,45,48)/b14-12?,18-17+,24-13?,25-20?,34-21-/t26-,27+,28-,29-,30-,33-,35+,39-,40+,41+,42?,44+/m0/s1. The van der Waals surface area contributed by atoms with Gasteiger partial charge in [0.1, 0.15) is 29.8 Å². The van der Waals surface area contributed by atoms with Crippen molar-refractivity contribution < 1.29 is 63.3 Å². The highest BCUT2D eigenvalue weighted by Crippen LogP contribution is 2.42. The number of hydrogen-bond acceptors (Lipinski definition) is 13. The van der Waals surface area contributed by atoms with Gasteiger partial charge in [-0.3, -0.25) is 9.59 Å². The minimum absolute atomic E-state index is 0.0594. The maximum absolute atomic E-state index is 13.7. The number of hydrogen-bond donors (Lipinski definition) is 5. The van der Waals surface area contributed by atoms with E-state index >= 15 is 0 Å². The number of nitrogens with one attached hydrogen (secondary N) is 1. The van der Waals surface area contributed by atoms with E-state index in [-0.39, 0.29) is 54.2 Å². The van der Waals surface area contributed by atoms with Gasteiger partial charge in [0.25, 0.3) is 0 Å². The predicted molar refractivity (Wildman–Crippen MR) is 215 cm³/mol. The van der Waals surface area contributed by atoms with E-state index in [1.165, 1.54) is 20.3 Å². The summed E-state index contributed by atoms with van der Waals surface area (Å²) in [5.74, 6) is -8.07. The van der Waals surface area contributed by atoms with Gasteiger partial charge in [0.2, 0.25) is 11.7 Å². The summed E-state index contributed by atoms with van der Waals surface area (Å²) >= 11 is 0. The van der Waals surface area contributed by atoms with Crippen LogP contribution in [-0.2, 0) is 42.9 Å². The number of amides is 1. The van der Waals surface area contributed by atoms with Gasteiger partial charge in [-0.05, 0) is 38.2 Å². The molecule has 0 spiro atoms. The molecule has 1 saturated heterocycles. The van der Waals surface area contributed by atoms with Crippen LogP contribution in [0.2, 0.25) is 0 Å². The third-order valence-electron chi connectivity index (χ3n) is 11.5. The Labute approximate surface area is 342 Å². The van der Waals surface area contributed by atoms with Crippen molar-refractivity contribution in [2.24, 2.45) is 35.5 Å². The van der Waals surface area contributed by atoms with Crippen LogP contribution in [-0.4, -0.2) is 101 Å². The van der Waals surface area contributed by atoms with Crippen LogP contribution in [0, 0.1) is 35.5 Å². The average Bonchev–Trinajstić information content (AvgIpc) is 3.48. The third kappa shape index (κ3) is 12.5. The van der Waals surface area contributed by atoms with Crippen molar-refractivity contribution in [3.8, 4) is 0 Å². The molecule has 1 unspecified atom stereocenters. The highest BCUT2D eigenvalue weighted by Gasteiger charge is 2.53. The van der Waals surface area contributed by atoms with E-state index in [9.17, 15) is 39.6 Å². The summed E-state index contributed by atoms with van der Waals surface area (Å²) in [6, 6.07) is 0. The molecule has 1 fully saturated rings. The van der Waals surface area contributed by atoms with Crippen LogP contribution < -0.4 is 5.32 Å². The lowest BCUT2D eigenvalue weighted by Crippen LogP contribution is -2.59. The Bertz CT molecular complexity index is 1670. The number of ketones is 1. The molecule has 0 aromatic rings. The number of carbonyl (C=O) groups is 4. The molecule has 324 valence electrons. The summed E-state index contributed by atoms with van der Waals surface area (Å²) in [5.41, 5.74) is 1.48. The van der Waals surface area contributed by atoms with Crippen molar-refractivity contribution >= 4 is 23.6 Å². The van der Waals surface area contributed by atoms with Crippen LogP contribution in [0.25, 0.3) is 0 Å². The Hall–Kier alpha value is -4.08. The molecule has 12 atom stereocenters. The monoisotopic (exact) mass is 815 g/mol. The summed E-state index contributed by atoms with van der Waals surface area (Å²) in [4.78, 5) is 51.1. The van der Waals surface area contributed by atoms with Crippen molar-refractivity contribution in [2.45, 2.75) is 130 Å². The van der Waals surface area contributed by atoms with Crippen LogP contribution >= 0.6 is 0 Å². The summed E-state index contributed by atoms with van der Waals surface area (Å²) in [7, 11) is 2.79. The normalized spacial score (nSPS) is 33.1. The van der Waals surface area contributed by atoms with Gasteiger partial charge in [-0.25, -0.2) is 9.59 Å². The number of allylic oxidation sites excluding steroid dienone is 7. The Kier molecular flexibility index (Phi) is 17.7. The van der Waals surface area contributed by atoms with E-state index in [4.69, 9.17) is 23.7 Å². The molecule has 0 bridgehead atoms. The molecule has 2 aliphatic heterocycles. The smallest absolute Gasteiger partial charge is 0.373 e. The van der Waals surface area contributed by atoms with Crippen LogP contribution in [0.1, 0.15) is 88.0 Å². The van der Waals surface area contributed by atoms with Gasteiger partial charge in [0.05, 0.1) is 25.4 Å². The molecule has 2 heterocycles. The molecule has 1 aliphatic carbocycles. The second-order valence-electron chi connectivity index (χ2n) is 16.5. The fourth-order valence-electron chi connectivity index (χ4n) is 7.95. The quantitative estimate of drug-likeness (QED) is 0.137. The van der Waals surface area contributed by atoms with Gasteiger partial charge in [0.15, 0.2) is 11.6 Å². The highest BCUT2D eigenvalue weighted by molar-refractivity contribution is 6.04. The Morgan fingerprint density at radius 1 is 1.03 bits per heavy atom. The van der Waals surface area contributed by atoms with Crippen molar-refractivity contribution in [3.05, 3.63) is 70.9 Å². The minimum Gasteiger partial charge on any atom is -0.510 e. The lowest BCUT2D eigenvalue weighted by molar-refractivity contribution is -0.329. The first kappa shape index (κ1) is 48.3. The summed E-state index contributed by atoms with van der Waals surface area (Å²) in [6.45, 7) is 16.5. The lowest BCUT2D eigenvalue weighted by Gasteiger charge is -2.50. The average molecular weight is 816 g/mol. The fraction of sp³-hybridized carbons (Fsp3) is 0.636. The first-order valence-electron chi connectivity index (χ1n) is 20.1. The molecule has 0 aromatic carbocycles. The summed E-state index contributed by atoms with van der Waals surface area (Å²) in [5, 5.41) is 47.4. The number of methoxy groups -OCH3 is 2. The fourth-order valence-corrected chi connectivity index (χ4v) is 7.95. The number of carbonyl (C=O) groups excluding carboxylic acids is 4. The molecule has 5 N–H and O–H groups in total. The van der Waals surface area contributed by atoms with Crippen LogP contribution in [0.15, 0.2) is 70.9 Å². The van der Waals surface area contributed by atoms with Crippen LogP contribution in [0.3, 0.4) is 0 Å². The Balaban J connectivity index is 1.92. The van der Waals surface area contributed by atoms with Crippen molar-refractivity contribution in [1.29, 1.82) is 0 Å². The first-order chi connectivity index (χ1) is 27.1. The second-order valence-corrected chi connectivity index (χ2v) is 16.5. The van der Waals surface area contributed by atoms with Gasteiger partial charge in [-0.1, -0.05) is 83.9 Å². The molecule has 1 amide bonds. The van der Waals surface area contributed by atoms with Crippen molar-refractivity contribution in [1.82, 2.24) is 5.32 Å². The molecular formula is C44H65NO13. The van der Waals surface area contributed by atoms with Crippen molar-refractivity contribution in [2.75, 3.05) is 14.2 Å². The second kappa shape index (κ2) is 21.3. The zero-order valence-electron chi connectivity index (χ0n) is 35.8. The Morgan fingerprint density at radius 3 is 2.29 bits per heavy atom. The highest BCUT2D eigenvalue weighted by atomic mass is 16.6. The van der Waals surface area contributed by atoms with Gasteiger partial charge >= 0.3 is 11.9 Å². The molecular weight excluding hydrogens is 750 g/mol. The minimum atomic E-state index is -2.04. The van der Waals surface area contributed by atoms with Gasteiger partial charge in [-0.15, -0.1) is 0 Å². The summed E-state index contributed by atoms with van der Waals surface area (Å²) < 4.78 is 29.5. The van der Waals surface area contributed by atoms with E-state index in [0.717, 1.165) is 17.7 Å². The van der Waals surface area contributed by atoms with E-state index in [1.807, 2.05) is 53.7 Å². The van der Waals surface area contributed by atoms with E-state index in [2.05, 4.69) is 5.32 Å². The Morgan fingerprint density at radius 2 is 1.71 bits per heavy atom. The van der Waals surface area contributed by atoms with Crippen LogP contribution in [0.4, 0.5) is 0 Å². The number of aliphatic hydroxyl groups is 4. The van der Waals surface area contributed by atoms with Crippen LogP contribution in [0.5, 0.6) is 0 Å². The molecule has 3 rings (SSSR count). The maximum Gasteiger partial charge on any atom is 0.373 e. The third-order valence-corrected chi connectivity index (χ3v) is 11.5. The topological polar surface area (TPSA) is 207 Å². The predicted octanol–water partition coefficient (Wildman–Crippen LogP) is 5.05. The number of esters is 2. The molecule has 58 heavy (non-hydrogen) atoms. The van der Waals surface area contributed by atoms with Crippen molar-refractivity contribution in [3.63, 3.8) is 0 Å².